The summed E-state index contributed by atoms with van der Waals surface area (Å²) < 4.78 is 40.9. The molecule has 2 unspecified atom stereocenters. The molecule has 3 rings (SSSR count). The summed E-state index contributed by atoms with van der Waals surface area (Å²) in [5, 5.41) is 3.35. The third-order valence-corrected chi connectivity index (χ3v) is 7.30. The average Bonchev–Trinajstić information content (AvgIpc) is 3.15. The maximum Gasteiger partial charge on any atom is 0.243 e. The molecule has 2 aromatic carbocycles. The van der Waals surface area contributed by atoms with Gasteiger partial charge in [-0.05, 0) is 48.4 Å². The maximum atomic E-state index is 13.4. The highest BCUT2D eigenvalue weighted by Gasteiger charge is 2.43. The molecule has 2 atom stereocenters. The molecule has 1 heterocycles. The van der Waals surface area contributed by atoms with Crippen molar-refractivity contribution in [1.82, 2.24) is 9.62 Å². The van der Waals surface area contributed by atoms with Crippen molar-refractivity contribution in [2.75, 3.05) is 19.6 Å². The van der Waals surface area contributed by atoms with Gasteiger partial charge in [0.2, 0.25) is 15.9 Å². The predicted molar refractivity (Wildman–Crippen MR) is 111 cm³/mol. The second-order valence-electron chi connectivity index (χ2n) is 7.19. The number of benzene rings is 2. The normalized spacial score (nSPS) is 20.0. The molecule has 2 aromatic rings. The summed E-state index contributed by atoms with van der Waals surface area (Å²) in [7, 11) is -3.78. The molecule has 0 aliphatic carbocycles. The average molecular weight is 439 g/mol. The summed E-state index contributed by atoms with van der Waals surface area (Å²) in [5.74, 6) is -1.44. The van der Waals surface area contributed by atoms with E-state index in [2.05, 4.69) is 5.32 Å². The van der Waals surface area contributed by atoms with Crippen molar-refractivity contribution in [2.45, 2.75) is 30.6 Å². The van der Waals surface area contributed by atoms with Crippen molar-refractivity contribution < 1.29 is 17.6 Å². The molecule has 8 heteroatoms. The molecular weight excluding hydrogens is 415 g/mol. The van der Waals surface area contributed by atoms with Crippen molar-refractivity contribution in [1.29, 1.82) is 0 Å². The molecule has 1 saturated heterocycles. The second kappa shape index (κ2) is 9.24. The zero-order chi connectivity index (χ0) is 21.0. The Morgan fingerprint density at radius 1 is 1.14 bits per heavy atom. The van der Waals surface area contributed by atoms with Crippen LogP contribution in [0.2, 0.25) is 5.02 Å². The number of amides is 1. The molecule has 0 bridgehead atoms. The quantitative estimate of drug-likeness (QED) is 0.668. The summed E-state index contributed by atoms with van der Waals surface area (Å²) in [6.45, 7) is 2.81. The topological polar surface area (TPSA) is 66.5 Å². The van der Waals surface area contributed by atoms with Crippen LogP contribution < -0.4 is 5.32 Å². The number of nitrogens with zero attached hydrogens (tertiary/aromatic N) is 1. The van der Waals surface area contributed by atoms with Crippen LogP contribution in [0.25, 0.3) is 0 Å². The van der Waals surface area contributed by atoms with Crippen LogP contribution in [0.3, 0.4) is 0 Å². The first kappa shape index (κ1) is 21.7. The third kappa shape index (κ3) is 4.97. The van der Waals surface area contributed by atoms with Crippen LogP contribution in [-0.2, 0) is 14.8 Å². The van der Waals surface area contributed by atoms with Crippen LogP contribution in [0, 0.1) is 11.7 Å². The van der Waals surface area contributed by atoms with E-state index in [1.807, 2.05) is 6.92 Å². The first-order valence-corrected chi connectivity index (χ1v) is 11.4. The van der Waals surface area contributed by atoms with E-state index in [-0.39, 0.29) is 35.6 Å². The number of carbonyl (C=O) groups excluding carboxylic acids is 1. The molecular formula is C21H24ClFN2O3S. The molecule has 29 heavy (non-hydrogen) atoms. The maximum absolute atomic E-state index is 13.4. The van der Waals surface area contributed by atoms with Crippen LogP contribution in [0.1, 0.15) is 31.2 Å². The molecule has 1 aliphatic heterocycles. The van der Waals surface area contributed by atoms with Gasteiger partial charge < -0.3 is 5.32 Å². The van der Waals surface area contributed by atoms with Crippen LogP contribution in [0.4, 0.5) is 4.39 Å². The van der Waals surface area contributed by atoms with Gasteiger partial charge in [-0.25, -0.2) is 12.8 Å². The number of hydrogen-bond donors (Lipinski definition) is 1. The monoisotopic (exact) mass is 438 g/mol. The van der Waals surface area contributed by atoms with Gasteiger partial charge in [0.1, 0.15) is 5.82 Å². The van der Waals surface area contributed by atoms with Gasteiger partial charge in [0.25, 0.3) is 0 Å². The standard InChI is InChI=1S/C21H24ClFN2O3S/c1-2-3-12-24-21(26)20-14-25(13-19(20)15-4-8-17(23)9-5-15)29(27,28)18-10-6-16(22)7-11-18/h4-11,19-20H,2-3,12-14H2,1H3,(H,24,26). The lowest BCUT2D eigenvalue weighted by Crippen LogP contribution is -2.36. The summed E-state index contributed by atoms with van der Waals surface area (Å²) in [5.41, 5.74) is 0.746. The van der Waals surface area contributed by atoms with Gasteiger partial charge in [-0.15, -0.1) is 0 Å². The third-order valence-electron chi connectivity index (χ3n) is 5.20. The van der Waals surface area contributed by atoms with E-state index in [1.165, 1.54) is 40.7 Å². The van der Waals surface area contributed by atoms with Crippen molar-refractivity contribution in [3.05, 3.63) is 64.9 Å². The Morgan fingerprint density at radius 3 is 2.41 bits per heavy atom. The second-order valence-corrected chi connectivity index (χ2v) is 9.56. The fourth-order valence-electron chi connectivity index (χ4n) is 3.55. The molecule has 1 N–H and O–H groups in total. The fraction of sp³-hybridized carbons (Fsp3) is 0.381. The minimum Gasteiger partial charge on any atom is -0.356 e. The Kier molecular flexibility index (Phi) is 6.93. The number of halogens is 2. The van der Waals surface area contributed by atoms with Gasteiger partial charge in [0.15, 0.2) is 0 Å². The van der Waals surface area contributed by atoms with Crippen molar-refractivity contribution in [3.63, 3.8) is 0 Å². The predicted octanol–water partition coefficient (Wildman–Crippen LogP) is 3.80. The summed E-state index contributed by atoms with van der Waals surface area (Å²) in [6.07, 6.45) is 1.80. The molecule has 0 radical (unpaired) electrons. The van der Waals surface area contributed by atoms with Gasteiger partial charge in [0.05, 0.1) is 10.8 Å². The molecule has 1 aliphatic rings. The molecule has 0 spiro atoms. The highest BCUT2D eigenvalue weighted by molar-refractivity contribution is 7.89. The lowest BCUT2D eigenvalue weighted by atomic mass is 9.88. The van der Waals surface area contributed by atoms with Crippen molar-refractivity contribution in [3.8, 4) is 0 Å². The van der Waals surface area contributed by atoms with E-state index in [9.17, 15) is 17.6 Å². The van der Waals surface area contributed by atoms with E-state index in [0.29, 0.717) is 11.6 Å². The van der Waals surface area contributed by atoms with Gasteiger partial charge >= 0.3 is 0 Å². The molecule has 1 amide bonds. The zero-order valence-corrected chi connectivity index (χ0v) is 17.7. The van der Waals surface area contributed by atoms with E-state index in [0.717, 1.165) is 18.4 Å². The SMILES string of the molecule is CCCCNC(=O)C1CN(S(=O)(=O)c2ccc(Cl)cc2)CC1c1ccc(F)cc1. The van der Waals surface area contributed by atoms with Crippen LogP contribution in [0.15, 0.2) is 53.4 Å². The molecule has 1 fully saturated rings. The number of unbranched alkanes of at least 4 members (excludes halogenated alkanes) is 1. The molecule has 0 saturated carbocycles. The van der Waals surface area contributed by atoms with Crippen molar-refractivity contribution >= 4 is 27.5 Å². The van der Waals surface area contributed by atoms with Gasteiger partial charge in [0, 0.05) is 30.6 Å². The van der Waals surface area contributed by atoms with Crippen LogP contribution in [-0.4, -0.2) is 38.3 Å². The van der Waals surface area contributed by atoms with Crippen LogP contribution in [0.5, 0.6) is 0 Å². The Bertz CT molecular complexity index is 949. The number of hydrogen-bond acceptors (Lipinski definition) is 3. The Hall–Kier alpha value is -1.96. The lowest BCUT2D eigenvalue weighted by Gasteiger charge is -2.18. The van der Waals surface area contributed by atoms with E-state index in [1.54, 1.807) is 12.1 Å². The molecule has 0 aromatic heterocycles. The van der Waals surface area contributed by atoms with E-state index < -0.39 is 15.9 Å². The van der Waals surface area contributed by atoms with Gasteiger partial charge in [-0.2, -0.15) is 4.31 Å². The number of sulfonamides is 1. The Labute approximate surface area is 175 Å². The highest BCUT2D eigenvalue weighted by atomic mass is 35.5. The zero-order valence-electron chi connectivity index (χ0n) is 16.1. The summed E-state index contributed by atoms with van der Waals surface area (Å²) in [6, 6.07) is 11.9. The first-order valence-electron chi connectivity index (χ1n) is 9.62. The number of nitrogens with one attached hydrogen (secondary N) is 1. The number of rotatable bonds is 7. The molecule has 156 valence electrons. The molecule has 5 nitrogen and oxygen atoms in total. The number of carbonyl (C=O) groups is 1. The Morgan fingerprint density at radius 2 is 1.79 bits per heavy atom. The smallest absolute Gasteiger partial charge is 0.243 e. The van der Waals surface area contributed by atoms with Crippen molar-refractivity contribution in [2.24, 2.45) is 5.92 Å². The Balaban J connectivity index is 1.88. The first-order chi connectivity index (χ1) is 13.8. The van der Waals surface area contributed by atoms with E-state index >= 15 is 0 Å². The lowest BCUT2D eigenvalue weighted by molar-refractivity contribution is -0.124. The summed E-state index contributed by atoms with van der Waals surface area (Å²) >= 11 is 5.87. The highest BCUT2D eigenvalue weighted by Crippen LogP contribution is 2.36. The van der Waals surface area contributed by atoms with Gasteiger partial charge in [-0.3, -0.25) is 4.79 Å². The summed E-state index contributed by atoms with van der Waals surface area (Å²) in [4.78, 5) is 12.9. The van der Waals surface area contributed by atoms with E-state index in [4.69, 9.17) is 11.6 Å². The fourth-order valence-corrected chi connectivity index (χ4v) is 5.17. The largest absolute Gasteiger partial charge is 0.356 e. The minimum atomic E-state index is -3.78. The van der Waals surface area contributed by atoms with Gasteiger partial charge in [-0.1, -0.05) is 37.1 Å². The minimum absolute atomic E-state index is 0.0744. The van der Waals surface area contributed by atoms with Crippen LogP contribution >= 0.6 is 11.6 Å².